The number of carbonyl (C=O) groups is 1. The molecule has 2 aromatic heterocycles. The van der Waals surface area contributed by atoms with Gasteiger partial charge in [0.25, 0.3) is 0 Å². The van der Waals surface area contributed by atoms with Gasteiger partial charge >= 0.3 is 5.97 Å². The van der Waals surface area contributed by atoms with Crippen LogP contribution in [-0.4, -0.2) is 27.6 Å². The largest absolute Gasteiger partial charge is 0.497 e. The number of methoxy groups -OCH3 is 1. The van der Waals surface area contributed by atoms with E-state index >= 15 is 0 Å². The number of carboxylic acids is 1. The van der Waals surface area contributed by atoms with Crippen LogP contribution in [0.25, 0.3) is 27.8 Å². The van der Waals surface area contributed by atoms with Gasteiger partial charge in [0, 0.05) is 17.1 Å². The molecule has 2 heterocycles. The first-order valence-corrected chi connectivity index (χ1v) is 8.02. The number of rotatable bonds is 4. The Kier molecular flexibility index (Phi) is 3.80. The van der Waals surface area contributed by atoms with Gasteiger partial charge in [-0.3, -0.25) is 9.20 Å². The molecule has 0 saturated carbocycles. The number of benzene rings is 2. The number of halogens is 1. The molecule has 6 heteroatoms. The Balaban J connectivity index is 2.06. The molecule has 0 saturated heterocycles. The van der Waals surface area contributed by atoms with Gasteiger partial charge in [-0.2, -0.15) is 0 Å². The minimum atomic E-state index is -0.966. The van der Waals surface area contributed by atoms with Crippen molar-refractivity contribution in [2.75, 3.05) is 7.11 Å². The summed E-state index contributed by atoms with van der Waals surface area (Å²) in [4.78, 5) is 15.8. The highest BCUT2D eigenvalue weighted by molar-refractivity contribution is 5.96. The van der Waals surface area contributed by atoms with E-state index in [1.54, 1.807) is 25.4 Å². The van der Waals surface area contributed by atoms with Crippen molar-refractivity contribution in [2.45, 2.75) is 6.42 Å². The zero-order valence-electron chi connectivity index (χ0n) is 13.9. The fourth-order valence-electron chi connectivity index (χ4n) is 3.27. The van der Waals surface area contributed by atoms with Crippen LogP contribution in [0.1, 0.15) is 5.56 Å². The van der Waals surface area contributed by atoms with E-state index in [4.69, 9.17) is 4.74 Å². The summed E-state index contributed by atoms with van der Waals surface area (Å²) in [7, 11) is 1.60. The van der Waals surface area contributed by atoms with Gasteiger partial charge in [-0.15, -0.1) is 0 Å². The van der Waals surface area contributed by atoms with Gasteiger partial charge in [-0.1, -0.05) is 0 Å². The smallest absolute Gasteiger partial charge is 0.307 e. The van der Waals surface area contributed by atoms with Crippen molar-refractivity contribution in [2.24, 2.45) is 0 Å². The molecule has 0 atom stereocenters. The fourth-order valence-corrected chi connectivity index (χ4v) is 3.27. The van der Waals surface area contributed by atoms with Crippen LogP contribution in [-0.2, 0) is 11.2 Å². The monoisotopic (exact) mass is 350 g/mol. The maximum Gasteiger partial charge on any atom is 0.307 e. The van der Waals surface area contributed by atoms with E-state index in [9.17, 15) is 14.3 Å². The van der Waals surface area contributed by atoms with Crippen LogP contribution < -0.4 is 4.74 Å². The molecule has 4 rings (SSSR count). The number of aliphatic carboxylic acids is 1. The molecular weight excluding hydrogens is 335 g/mol. The SMILES string of the molecule is COc1ccc(-c2nccc3c(CC(=O)O)c4cc(F)ccc4n23)cc1. The van der Waals surface area contributed by atoms with Gasteiger partial charge in [0.2, 0.25) is 0 Å². The van der Waals surface area contributed by atoms with Crippen molar-refractivity contribution in [1.82, 2.24) is 9.38 Å². The minimum Gasteiger partial charge on any atom is -0.497 e. The fraction of sp³-hybridized carbons (Fsp3) is 0.100. The summed E-state index contributed by atoms with van der Waals surface area (Å²) in [6.45, 7) is 0. The lowest BCUT2D eigenvalue weighted by Gasteiger charge is -2.08. The summed E-state index contributed by atoms with van der Waals surface area (Å²) >= 11 is 0. The molecule has 26 heavy (non-hydrogen) atoms. The van der Waals surface area contributed by atoms with Gasteiger partial charge in [0.05, 0.1) is 24.6 Å². The van der Waals surface area contributed by atoms with E-state index in [1.807, 2.05) is 28.7 Å². The molecule has 0 aliphatic heterocycles. The maximum absolute atomic E-state index is 13.8. The standard InChI is InChI=1S/C20H15FN2O3/c1-26-14-5-2-12(3-6-14)20-22-9-8-18-16(11-19(24)25)15-10-13(21)4-7-17(15)23(18)20/h2-10H,11H2,1H3,(H,24,25). The van der Waals surface area contributed by atoms with Crippen molar-refractivity contribution in [1.29, 1.82) is 0 Å². The number of nitrogens with zero attached hydrogens (tertiary/aromatic N) is 2. The van der Waals surface area contributed by atoms with Crippen LogP contribution in [0, 0.1) is 5.82 Å². The normalized spacial score (nSPS) is 11.2. The molecule has 0 bridgehead atoms. The second kappa shape index (κ2) is 6.15. The molecule has 0 amide bonds. The summed E-state index contributed by atoms with van der Waals surface area (Å²) in [6.07, 6.45) is 1.44. The first kappa shape index (κ1) is 16.1. The highest BCUT2D eigenvalue weighted by atomic mass is 19.1. The first-order valence-electron chi connectivity index (χ1n) is 8.02. The second-order valence-electron chi connectivity index (χ2n) is 5.93. The molecule has 1 N–H and O–H groups in total. The summed E-state index contributed by atoms with van der Waals surface area (Å²) in [5.74, 6) is 0.01000. The number of fused-ring (bicyclic) bond motifs is 3. The molecule has 5 nitrogen and oxygen atoms in total. The second-order valence-corrected chi connectivity index (χ2v) is 5.93. The predicted molar refractivity (Wildman–Crippen MR) is 96.0 cm³/mol. The molecular formula is C20H15FN2O3. The van der Waals surface area contributed by atoms with Crippen LogP contribution in [0.15, 0.2) is 54.7 Å². The molecule has 0 aliphatic rings. The van der Waals surface area contributed by atoms with Crippen LogP contribution in [0.5, 0.6) is 5.75 Å². The van der Waals surface area contributed by atoms with Crippen molar-refractivity contribution in [3.05, 3.63) is 66.1 Å². The van der Waals surface area contributed by atoms with Crippen LogP contribution in [0.4, 0.5) is 4.39 Å². The third kappa shape index (κ3) is 2.56. The third-order valence-electron chi connectivity index (χ3n) is 4.39. The topological polar surface area (TPSA) is 63.8 Å². The predicted octanol–water partition coefficient (Wildman–Crippen LogP) is 3.93. The molecule has 130 valence electrons. The first-order chi connectivity index (χ1) is 12.6. The zero-order valence-corrected chi connectivity index (χ0v) is 13.9. The van der Waals surface area contributed by atoms with Gasteiger partial charge in [-0.05, 0) is 54.1 Å². The van der Waals surface area contributed by atoms with E-state index in [2.05, 4.69) is 4.98 Å². The number of ether oxygens (including phenoxy) is 1. The van der Waals surface area contributed by atoms with E-state index < -0.39 is 11.8 Å². The quantitative estimate of drug-likeness (QED) is 0.606. The van der Waals surface area contributed by atoms with Gasteiger partial charge in [0.1, 0.15) is 17.4 Å². The van der Waals surface area contributed by atoms with E-state index in [-0.39, 0.29) is 6.42 Å². The zero-order chi connectivity index (χ0) is 18.3. The van der Waals surface area contributed by atoms with E-state index in [1.165, 1.54) is 12.1 Å². The van der Waals surface area contributed by atoms with Crippen molar-refractivity contribution in [3.63, 3.8) is 0 Å². The molecule has 0 unspecified atom stereocenters. The highest BCUT2D eigenvalue weighted by Gasteiger charge is 2.18. The van der Waals surface area contributed by atoms with Gasteiger partial charge in [-0.25, -0.2) is 9.37 Å². The lowest BCUT2D eigenvalue weighted by molar-refractivity contribution is -0.136. The lowest BCUT2D eigenvalue weighted by atomic mass is 10.1. The number of hydrogen-bond acceptors (Lipinski definition) is 3. The van der Waals surface area contributed by atoms with Crippen molar-refractivity contribution < 1.29 is 19.0 Å². The summed E-state index contributed by atoms with van der Waals surface area (Å²) in [5, 5.41) is 9.86. The van der Waals surface area contributed by atoms with E-state index in [0.29, 0.717) is 22.3 Å². The highest BCUT2D eigenvalue weighted by Crippen LogP contribution is 2.32. The van der Waals surface area contributed by atoms with Gasteiger partial charge < -0.3 is 9.84 Å². The van der Waals surface area contributed by atoms with Crippen LogP contribution in [0.2, 0.25) is 0 Å². The Labute approximate surface area is 148 Å². The molecule has 0 spiro atoms. The lowest BCUT2D eigenvalue weighted by Crippen LogP contribution is -2.01. The third-order valence-corrected chi connectivity index (χ3v) is 4.39. The van der Waals surface area contributed by atoms with Gasteiger partial charge in [0.15, 0.2) is 0 Å². The van der Waals surface area contributed by atoms with Crippen LogP contribution in [0.3, 0.4) is 0 Å². The average molecular weight is 350 g/mol. The van der Waals surface area contributed by atoms with E-state index in [0.717, 1.165) is 16.8 Å². The summed E-state index contributed by atoms with van der Waals surface area (Å²) < 4.78 is 20.9. The molecule has 0 fully saturated rings. The van der Waals surface area contributed by atoms with Crippen molar-refractivity contribution >= 4 is 22.4 Å². The molecule has 4 aromatic rings. The maximum atomic E-state index is 13.8. The Bertz CT molecular complexity index is 1130. The van der Waals surface area contributed by atoms with Crippen molar-refractivity contribution in [3.8, 4) is 17.1 Å². The minimum absolute atomic E-state index is 0.192. The summed E-state index contributed by atoms with van der Waals surface area (Å²) in [5.41, 5.74) is 2.84. The summed E-state index contributed by atoms with van der Waals surface area (Å²) in [6, 6.07) is 13.6. The molecule has 2 aromatic carbocycles. The average Bonchev–Trinajstić information content (AvgIpc) is 2.94. The Morgan fingerprint density at radius 1 is 1.15 bits per heavy atom. The molecule has 0 radical (unpaired) electrons. The Morgan fingerprint density at radius 2 is 1.92 bits per heavy atom. The number of hydrogen-bond donors (Lipinski definition) is 1. The molecule has 0 aliphatic carbocycles. The Hall–Kier alpha value is -3.41. The number of aromatic nitrogens is 2. The number of carboxylic acid groups (broad SMARTS) is 1. The Morgan fingerprint density at radius 3 is 2.62 bits per heavy atom. The van der Waals surface area contributed by atoms with Crippen LogP contribution >= 0.6 is 0 Å².